The van der Waals surface area contributed by atoms with E-state index >= 15 is 0 Å². The molecule has 0 aliphatic rings. The van der Waals surface area contributed by atoms with Gasteiger partial charge in [-0.25, -0.2) is 4.79 Å². The largest absolute Gasteiger partial charge is 0.478 e. The average molecular weight is 305 g/mol. The minimum absolute atomic E-state index is 0.204. The lowest BCUT2D eigenvalue weighted by molar-refractivity contribution is 0.0696. The number of amides is 1. The number of carbonyl (C=O) groups is 2. The molecule has 5 nitrogen and oxygen atoms in total. The second kappa shape index (κ2) is 6.37. The van der Waals surface area contributed by atoms with Gasteiger partial charge in [-0.2, -0.15) is 0 Å². The van der Waals surface area contributed by atoms with Crippen LogP contribution in [-0.4, -0.2) is 22.0 Å². The molecule has 0 atom stereocenters. The number of pyridine rings is 1. The van der Waals surface area contributed by atoms with Crippen molar-refractivity contribution in [2.45, 2.75) is 13.5 Å². The van der Waals surface area contributed by atoms with E-state index in [1.807, 2.05) is 0 Å². The van der Waals surface area contributed by atoms with E-state index in [4.69, 9.17) is 16.7 Å². The van der Waals surface area contributed by atoms with E-state index in [2.05, 4.69) is 10.3 Å². The summed E-state index contributed by atoms with van der Waals surface area (Å²) in [6.45, 7) is 2.07. The number of aryl methyl sites for hydroxylation is 1. The molecule has 0 saturated carbocycles. The quantitative estimate of drug-likeness (QED) is 0.910. The lowest BCUT2D eigenvalue weighted by Gasteiger charge is -2.07. The molecule has 1 aromatic carbocycles. The van der Waals surface area contributed by atoms with Crippen molar-refractivity contribution in [3.8, 4) is 0 Å². The maximum absolute atomic E-state index is 12.0. The highest BCUT2D eigenvalue weighted by molar-refractivity contribution is 6.33. The third-order valence-electron chi connectivity index (χ3n) is 2.89. The van der Waals surface area contributed by atoms with Crippen molar-refractivity contribution in [1.82, 2.24) is 10.3 Å². The Morgan fingerprint density at radius 1 is 1.29 bits per heavy atom. The van der Waals surface area contributed by atoms with Crippen LogP contribution in [0.15, 0.2) is 36.5 Å². The standard InChI is InChI=1S/C15H13ClN2O3/c1-9-6-13(16)12(8-17-9)14(19)18-7-10-2-4-11(5-3-10)15(20)21/h2-6,8H,7H2,1H3,(H,18,19)(H,20,21). The third kappa shape index (κ3) is 3.79. The zero-order valence-electron chi connectivity index (χ0n) is 11.3. The van der Waals surface area contributed by atoms with Gasteiger partial charge in [0.15, 0.2) is 0 Å². The van der Waals surface area contributed by atoms with Crippen LogP contribution in [0.1, 0.15) is 32.0 Å². The van der Waals surface area contributed by atoms with E-state index in [0.717, 1.165) is 11.3 Å². The van der Waals surface area contributed by atoms with Crippen molar-refractivity contribution in [3.05, 3.63) is 63.9 Å². The number of carboxylic acid groups (broad SMARTS) is 1. The van der Waals surface area contributed by atoms with Crippen molar-refractivity contribution in [3.63, 3.8) is 0 Å². The normalized spacial score (nSPS) is 10.2. The molecule has 21 heavy (non-hydrogen) atoms. The molecule has 1 aromatic heterocycles. The number of aromatic nitrogens is 1. The van der Waals surface area contributed by atoms with Gasteiger partial charge in [-0.15, -0.1) is 0 Å². The molecule has 6 heteroatoms. The summed E-state index contributed by atoms with van der Waals surface area (Å²) in [5.74, 6) is -1.31. The van der Waals surface area contributed by atoms with Gasteiger partial charge in [0.05, 0.1) is 16.1 Å². The molecule has 0 spiro atoms. The SMILES string of the molecule is Cc1cc(Cl)c(C(=O)NCc2ccc(C(=O)O)cc2)cn1. The monoisotopic (exact) mass is 304 g/mol. The summed E-state index contributed by atoms with van der Waals surface area (Å²) in [5, 5.41) is 11.9. The van der Waals surface area contributed by atoms with Crippen molar-refractivity contribution in [2.24, 2.45) is 0 Å². The summed E-state index contributed by atoms with van der Waals surface area (Å²) in [5.41, 5.74) is 2.05. The van der Waals surface area contributed by atoms with Gasteiger partial charge in [0.1, 0.15) is 0 Å². The van der Waals surface area contributed by atoms with Crippen molar-refractivity contribution >= 4 is 23.5 Å². The van der Waals surface area contributed by atoms with Crippen LogP contribution < -0.4 is 5.32 Å². The Morgan fingerprint density at radius 3 is 2.52 bits per heavy atom. The fourth-order valence-electron chi connectivity index (χ4n) is 1.74. The van der Waals surface area contributed by atoms with Gasteiger partial charge in [-0.3, -0.25) is 9.78 Å². The van der Waals surface area contributed by atoms with Crippen LogP contribution in [0.4, 0.5) is 0 Å². The number of benzene rings is 1. The maximum Gasteiger partial charge on any atom is 0.335 e. The maximum atomic E-state index is 12.0. The molecule has 1 heterocycles. The number of carboxylic acids is 1. The summed E-state index contributed by atoms with van der Waals surface area (Å²) in [6.07, 6.45) is 1.43. The van der Waals surface area contributed by atoms with E-state index in [-0.39, 0.29) is 18.0 Å². The lowest BCUT2D eigenvalue weighted by Crippen LogP contribution is -2.23. The Labute approximate surface area is 126 Å². The smallest absolute Gasteiger partial charge is 0.335 e. The Hall–Kier alpha value is -2.40. The summed E-state index contributed by atoms with van der Waals surface area (Å²) < 4.78 is 0. The molecule has 0 aliphatic heterocycles. The fourth-order valence-corrected chi connectivity index (χ4v) is 2.03. The number of halogens is 1. The molecule has 108 valence electrons. The number of rotatable bonds is 4. The molecule has 2 aromatic rings. The van der Waals surface area contributed by atoms with Crippen LogP contribution in [0.25, 0.3) is 0 Å². The molecule has 2 N–H and O–H groups in total. The Morgan fingerprint density at radius 2 is 1.95 bits per heavy atom. The lowest BCUT2D eigenvalue weighted by atomic mass is 10.1. The summed E-state index contributed by atoms with van der Waals surface area (Å²) in [6, 6.07) is 7.91. The molecule has 0 unspecified atom stereocenters. The number of aromatic carboxylic acids is 1. The first-order valence-electron chi connectivity index (χ1n) is 6.20. The predicted octanol–water partition coefficient (Wildman–Crippen LogP) is 2.67. The summed E-state index contributed by atoms with van der Waals surface area (Å²) >= 11 is 6.00. The van der Waals surface area contributed by atoms with Crippen LogP contribution >= 0.6 is 11.6 Å². The van der Waals surface area contributed by atoms with E-state index in [9.17, 15) is 9.59 Å². The number of carbonyl (C=O) groups excluding carboxylic acids is 1. The van der Waals surface area contributed by atoms with E-state index in [0.29, 0.717) is 10.6 Å². The number of nitrogens with zero attached hydrogens (tertiary/aromatic N) is 1. The van der Waals surface area contributed by atoms with Gasteiger partial charge < -0.3 is 10.4 Å². The first-order valence-corrected chi connectivity index (χ1v) is 6.58. The van der Waals surface area contributed by atoms with Crippen LogP contribution in [0, 0.1) is 6.92 Å². The zero-order valence-corrected chi connectivity index (χ0v) is 12.0. The van der Waals surface area contributed by atoms with Gasteiger partial charge in [0.25, 0.3) is 5.91 Å². The van der Waals surface area contributed by atoms with Crippen LogP contribution in [-0.2, 0) is 6.54 Å². The van der Waals surface area contributed by atoms with Crippen molar-refractivity contribution in [1.29, 1.82) is 0 Å². The van der Waals surface area contributed by atoms with Crippen molar-refractivity contribution < 1.29 is 14.7 Å². The first-order chi connectivity index (χ1) is 9.97. The molecule has 0 fully saturated rings. The molecule has 1 amide bonds. The number of hydrogen-bond acceptors (Lipinski definition) is 3. The Kier molecular flexibility index (Phi) is 4.55. The average Bonchev–Trinajstić information content (AvgIpc) is 2.45. The Balaban J connectivity index is 2.02. The van der Waals surface area contributed by atoms with Gasteiger partial charge >= 0.3 is 5.97 Å². The van der Waals surface area contributed by atoms with Gasteiger partial charge in [0, 0.05) is 18.4 Å². The topological polar surface area (TPSA) is 79.3 Å². The van der Waals surface area contributed by atoms with E-state index in [1.54, 1.807) is 25.1 Å². The zero-order chi connectivity index (χ0) is 15.4. The van der Waals surface area contributed by atoms with Gasteiger partial charge in [0.2, 0.25) is 0 Å². The third-order valence-corrected chi connectivity index (χ3v) is 3.20. The molecule has 0 saturated heterocycles. The van der Waals surface area contributed by atoms with Crippen LogP contribution in [0.5, 0.6) is 0 Å². The molecule has 0 aliphatic carbocycles. The number of hydrogen-bond donors (Lipinski definition) is 2. The highest BCUT2D eigenvalue weighted by Crippen LogP contribution is 2.15. The highest BCUT2D eigenvalue weighted by Gasteiger charge is 2.11. The van der Waals surface area contributed by atoms with E-state index in [1.165, 1.54) is 18.3 Å². The summed E-state index contributed by atoms with van der Waals surface area (Å²) in [4.78, 5) is 26.8. The Bertz CT molecular complexity index is 684. The molecular formula is C15H13ClN2O3. The van der Waals surface area contributed by atoms with Gasteiger partial charge in [-0.1, -0.05) is 23.7 Å². The molecule has 2 rings (SSSR count). The molecular weight excluding hydrogens is 292 g/mol. The van der Waals surface area contributed by atoms with Crippen molar-refractivity contribution in [2.75, 3.05) is 0 Å². The fraction of sp³-hybridized carbons (Fsp3) is 0.133. The molecule has 0 bridgehead atoms. The van der Waals surface area contributed by atoms with Gasteiger partial charge in [-0.05, 0) is 30.7 Å². The highest BCUT2D eigenvalue weighted by atomic mass is 35.5. The number of nitrogens with one attached hydrogen (secondary N) is 1. The summed E-state index contributed by atoms with van der Waals surface area (Å²) in [7, 11) is 0. The van der Waals surface area contributed by atoms with E-state index < -0.39 is 5.97 Å². The first kappa shape index (κ1) is 15.0. The van der Waals surface area contributed by atoms with Crippen LogP contribution in [0.2, 0.25) is 5.02 Å². The second-order valence-electron chi connectivity index (χ2n) is 4.49. The second-order valence-corrected chi connectivity index (χ2v) is 4.90. The van der Waals surface area contributed by atoms with Crippen LogP contribution in [0.3, 0.4) is 0 Å². The minimum atomic E-state index is -0.983. The minimum Gasteiger partial charge on any atom is -0.478 e. The predicted molar refractivity (Wildman–Crippen MR) is 78.6 cm³/mol. The molecule has 0 radical (unpaired) electrons.